The summed E-state index contributed by atoms with van der Waals surface area (Å²) in [6.45, 7) is 21.7. The fourth-order valence-electron chi connectivity index (χ4n) is 5.56. The van der Waals surface area contributed by atoms with Crippen LogP contribution in [0.3, 0.4) is 0 Å². The van der Waals surface area contributed by atoms with Gasteiger partial charge in [-0.2, -0.15) is 0 Å². The van der Waals surface area contributed by atoms with Gasteiger partial charge in [0.05, 0.1) is 31.8 Å². The van der Waals surface area contributed by atoms with Gasteiger partial charge in [-0.15, -0.1) is 0 Å². The minimum Gasteiger partial charge on any atom is -0.460 e. The molecular formula is C39H59BrO6. The molecule has 2 aromatic rings. The molecule has 6 nitrogen and oxygen atoms in total. The highest BCUT2D eigenvalue weighted by Crippen LogP contribution is 2.41. The predicted octanol–water partition coefficient (Wildman–Crippen LogP) is 10.4. The number of carbonyl (C=O) groups is 2. The summed E-state index contributed by atoms with van der Waals surface area (Å²) >= 11 is 3.51. The third-order valence-electron chi connectivity index (χ3n) is 7.90. The zero-order chi connectivity index (χ0) is 33.6. The molecule has 0 amide bonds. The van der Waals surface area contributed by atoms with Gasteiger partial charge in [-0.1, -0.05) is 99.6 Å². The Morgan fingerprint density at radius 2 is 1.24 bits per heavy atom. The molecule has 0 aliphatic carbocycles. The van der Waals surface area contributed by atoms with Gasteiger partial charge in [-0.05, 0) is 100 Å². The average Bonchev–Trinajstić information content (AvgIpc) is 2.91. The Bertz CT molecular complexity index is 1270. The highest BCUT2D eigenvalue weighted by molar-refractivity contribution is 9.09. The van der Waals surface area contributed by atoms with Crippen LogP contribution in [-0.4, -0.2) is 36.4 Å². The Balaban J connectivity index is 0.000000314. The summed E-state index contributed by atoms with van der Waals surface area (Å²) in [5, 5.41) is 0. The van der Waals surface area contributed by atoms with Crippen LogP contribution in [0.1, 0.15) is 142 Å². The SMILES string of the molecule is C.CC1(C)CCC(c2ccccc2C(Br)C(=O)OC(C)(C)C)OC1.CC1(C)CCC(c2ccccc2CC(=O)OC(C)(C)C)OC1. The summed E-state index contributed by atoms with van der Waals surface area (Å²) < 4.78 is 23.1. The van der Waals surface area contributed by atoms with Gasteiger partial charge < -0.3 is 18.9 Å². The highest BCUT2D eigenvalue weighted by atomic mass is 79.9. The van der Waals surface area contributed by atoms with Crippen molar-refractivity contribution in [2.45, 2.75) is 137 Å². The summed E-state index contributed by atoms with van der Waals surface area (Å²) in [6, 6.07) is 16.0. The molecule has 0 radical (unpaired) electrons. The maximum atomic E-state index is 12.4. The fourth-order valence-corrected chi connectivity index (χ4v) is 6.07. The summed E-state index contributed by atoms with van der Waals surface area (Å²) in [7, 11) is 0. The Labute approximate surface area is 287 Å². The Hall–Kier alpha value is -2.22. The molecule has 0 saturated carbocycles. The van der Waals surface area contributed by atoms with Crippen molar-refractivity contribution in [3.05, 3.63) is 70.8 Å². The number of halogens is 1. The van der Waals surface area contributed by atoms with Crippen LogP contribution in [-0.2, 0) is 35.0 Å². The average molecular weight is 704 g/mol. The molecule has 2 aliphatic rings. The molecule has 2 aromatic carbocycles. The van der Waals surface area contributed by atoms with Crippen LogP contribution in [0.15, 0.2) is 48.5 Å². The smallest absolute Gasteiger partial charge is 0.324 e. The molecular weight excluding hydrogens is 644 g/mol. The van der Waals surface area contributed by atoms with Gasteiger partial charge in [0.1, 0.15) is 16.0 Å². The van der Waals surface area contributed by atoms with Crippen LogP contribution >= 0.6 is 15.9 Å². The van der Waals surface area contributed by atoms with Crippen LogP contribution in [0.2, 0.25) is 0 Å². The standard InChI is InChI=1S/C19H27BrO3.C19H28O3.CH4/c1-18(2,3)23-17(21)16(20)14-9-7-6-8-13(14)15-10-11-19(4,5)12-22-15;1-18(2,3)22-17(20)12-14-8-6-7-9-15(14)16-10-11-19(4,5)13-21-16;/h6-9,15-16H,10-12H2,1-5H3;6-9,16H,10-13H2,1-5H3;1H4. The number of esters is 2. The fraction of sp³-hybridized carbons (Fsp3) is 0.641. The van der Waals surface area contributed by atoms with Crippen molar-refractivity contribution in [2.75, 3.05) is 13.2 Å². The number of benzene rings is 2. The maximum absolute atomic E-state index is 12.4. The van der Waals surface area contributed by atoms with Crippen molar-refractivity contribution in [1.29, 1.82) is 0 Å². The van der Waals surface area contributed by atoms with Crippen molar-refractivity contribution in [1.82, 2.24) is 0 Å². The van der Waals surface area contributed by atoms with Crippen LogP contribution in [0.25, 0.3) is 0 Å². The van der Waals surface area contributed by atoms with Crippen LogP contribution < -0.4 is 0 Å². The zero-order valence-electron chi connectivity index (χ0n) is 29.1. The van der Waals surface area contributed by atoms with E-state index in [-0.39, 0.29) is 42.4 Å². The Morgan fingerprint density at radius 3 is 1.72 bits per heavy atom. The van der Waals surface area contributed by atoms with Crippen molar-refractivity contribution in [2.24, 2.45) is 10.8 Å². The first-order chi connectivity index (χ1) is 20.8. The van der Waals surface area contributed by atoms with Crippen LogP contribution in [0.4, 0.5) is 0 Å². The monoisotopic (exact) mass is 702 g/mol. The van der Waals surface area contributed by atoms with Gasteiger partial charge >= 0.3 is 11.9 Å². The lowest BCUT2D eigenvalue weighted by Gasteiger charge is -2.35. The first-order valence-corrected chi connectivity index (χ1v) is 17.2. The summed E-state index contributed by atoms with van der Waals surface area (Å²) in [5.41, 5.74) is 3.69. The number of alkyl halides is 1. The van der Waals surface area contributed by atoms with Gasteiger partial charge in [-0.25, -0.2) is 0 Å². The molecule has 2 heterocycles. The summed E-state index contributed by atoms with van der Waals surface area (Å²) in [4.78, 5) is 24.0. The topological polar surface area (TPSA) is 71.1 Å². The quantitative estimate of drug-likeness (QED) is 0.220. The molecule has 0 N–H and O–H groups in total. The molecule has 0 aromatic heterocycles. The molecule has 2 saturated heterocycles. The van der Waals surface area contributed by atoms with Crippen LogP contribution in [0, 0.1) is 10.8 Å². The third-order valence-corrected chi connectivity index (χ3v) is 8.77. The van der Waals surface area contributed by atoms with E-state index >= 15 is 0 Å². The van der Waals surface area contributed by atoms with Crippen molar-refractivity contribution >= 4 is 27.9 Å². The predicted molar refractivity (Wildman–Crippen MR) is 190 cm³/mol. The first-order valence-electron chi connectivity index (χ1n) is 16.2. The van der Waals surface area contributed by atoms with Gasteiger partial charge in [0.2, 0.25) is 0 Å². The van der Waals surface area contributed by atoms with Crippen molar-refractivity contribution < 1.29 is 28.5 Å². The van der Waals surface area contributed by atoms with E-state index in [9.17, 15) is 9.59 Å². The van der Waals surface area contributed by atoms with E-state index in [1.807, 2.05) is 77.9 Å². The number of ether oxygens (including phenoxy) is 4. The number of hydrogen-bond donors (Lipinski definition) is 0. The molecule has 7 heteroatoms. The van der Waals surface area contributed by atoms with Gasteiger partial charge in [0.25, 0.3) is 0 Å². The second kappa shape index (κ2) is 16.3. The lowest BCUT2D eigenvalue weighted by molar-refractivity contribution is -0.155. The maximum Gasteiger partial charge on any atom is 0.324 e. The number of rotatable bonds is 6. The molecule has 4 rings (SSSR count). The summed E-state index contributed by atoms with van der Waals surface area (Å²) in [6.07, 6.45) is 4.66. The van der Waals surface area contributed by atoms with Gasteiger partial charge in [0.15, 0.2) is 0 Å². The molecule has 258 valence electrons. The Morgan fingerprint density at radius 1 is 0.783 bits per heavy atom. The van der Waals surface area contributed by atoms with Gasteiger partial charge in [-0.3, -0.25) is 9.59 Å². The second-order valence-corrected chi connectivity index (χ2v) is 16.9. The summed E-state index contributed by atoms with van der Waals surface area (Å²) in [5.74, 6) is -0.447. The lowest BCUT2D eigenvalue weighted by Crippen LogP contribution is -2.29. The van der Waals surface area contributed by atoms with E-state index in [0.29, 0.717) is 6.42 Å². The van der Waals surface area contributed by atoms with Crippen LogP contribution in [0.5, 0.6) is 0 Å². The normalized spacial score (nSPS) is 21.5. The molecule has 2 aliphatic heterocycles. The number of hydrogen-bond acceptors (Lipinski definition) is 6. The minimum atomic E-state index is -0.497. The molecule has 0 spiro atoms. The third kappa shape index (κ3) is 12.8. The molecule has 0 bridgehead atoms. The lowest BCUT2D eigenvalue weighted by atomic mass is 9.83. The van der Waals surface area contributed by atoms with Crippen molar-refractivity contribution in [3.63, 3.8) is 0 Å². The molecule has 3 unspecified atom stereocenters. The van der Waals surface area contributed by atoms with E-state index < -0.39 is 16.0 Å². The minimum absolute atomic E-state index is 0. The molecule has 2 fully saturated rings. The number of carbonyl (C=O) groups excluding carboxylic acids is 2. The Kier molecular flexibility index (Phi) is 14.1. The zero-order valence-corrected chi connectivity index (χ0v) is 30.7. The van der Waals surface area contributed by atoms with E-state index in [1.165, 1.54) is 0 Å². The largest absolute Gasteiger partial charge is 0.460 e. The first kappa shape index (κ1) is 40.0. The van der Waals surface area contributed by atoms with Crippen molar-refractivity contribution in [3.8, 4) is 0 Å². The van der Waals surface area contributed by atoms with E-state index in [1.54, 1.807) is 0 Å². The van der Waals surface area contributed by atoms with E-state index in [4.69, 9.17) is 18.9 Å². The van der Waals surface area contributed by atoms with E-state index in [2.05, 4.69) is 55.8 Å². The van der Waals surface area contributed by atoms with Gasteiger partial charge in [0, 0.05) is 0 Å². The van der Waals surface area contributed by atoms with E-state index in [0.717, 1.165) is 61.2 Å². The highest BCUT2D eigenvalue weighted by Gasteiger charge is 2.33. The molecule has 3 atom stereocenters. The molecule has 46 heavy (non-hydrogen) atoms. The second-order valence-electron chi connectivity index (χ2n) is 16.0.